The van der Waals surface area contributed by atoms with Crippen LogP contribution in [0, 0.1) is 0 Å². The molecule has 2 saturated heterocycles. The second-order valence-corrected chi connectivity index (χ2v) is 8.12. The third-order valence-electron chi connectivity index (χ3n) is 6.05. The summed E-state index contributed by atoms with van der Waals surface area (Å²) in [5.74, 6) is 1.14. The summed E-state index contributed by atoms with van der Waals surface area (Å²) < 4.78 is 5.23. The molecule has 0 bridgehead atoms. The number of hydrogen-bond acceptors (Lipinski definition) is 4. The van der Waals surface area contributed by atoms with E-state index in [1.807, 2.05) is 29.2 Å². The number of piperidine rings is 1. The van der Waals surface area contributed by atoms with Crippen LogP contribution >= 0.6 is 0 Å². The fourth-order valence-corrected chi connectivity index (χ4v) is 4.41. The Morgan fingerprint density at radius 1 is 1.04 bits per heavy atom. The lowest BCUT2D eigenvalue weighted by Gasteiger charge is -2.41. The Balaban J connectivity index is 1.47. The zero-order chi connectivity index (χ0) is 20.1. The highest BCUT2D eigenvalue weighted by Gasteiger charge is 2.30. The van der Waals surface area contributed by atoms with Gasteiger partial charge < -0.3 is 14.5 Å². The van der Waals surface area contributed by atoms with Crippen molar-refractivity contribution in [3.63, 3.8) is 0 Å². The largest absolute Gasteiger partial charge is 0.497 e. The van der Waals surface area contributed by atoms with E-state index in [9.17, 15) is 9.59 Å². The van der Waals surface area contributed by atoms with Crippen molar-refractivity contribution in [2.45, 2.75) is 51.6 Å². The number of carbonyl (C=O) groups is 2. The number of piperazine rings is 1. The van der Waals surface area contributed by atoms with E-state index in [1.54, 1.807) is 7.11 Å². The molecule has 2 amide bonds. The Morgan fingerprint density at radius 3 is 2.36 bits per heavy atom. The van der Waals surface area contributed by atoms with Crippen LogP contribution in [0.1, 0.15) is 38.7 Å². The molecule has 6 heteroatoms. The van der Waals surface area contributed by atoms with Crippen LogP contribution in [-0.4, -0.2) is 78.4 Å². The van der Waals surface area contributed by atoms with Crippen LogP contribution in [0.15, 0.2) is 24.3 Å². The fraction of sp³-hybridized carbons (Fsp3) is 0.636. The second-order valence-electron chi connectivity index (χ2n) is 8.12. The van der Waals surface area contributed by atoms with Gasteiger partial charge in [-0.15, -0.1) is 0 Å². The Kier molecular flexibility index (Phi) is 6.94. The minimum absolute atomic E-state index is 0.137. The molecule has 6 nitrogen and oxygen atoms in total. The molecule has 3 rings (SSSR count). The Morgan fingerprint density at radius 2 is 1.71 bits per heavy atom. The molecule has 2 fully saturated rings. The third-order valence-corrected chi connectivity index (χ3v) is 6.05. The fourth-order valence-electron chi connectivity index (χ4n) is 4.41. The van der Waals surface area contributed by atoms with Gasteiger partial charge in [-0.1, -0.05) is 12.1 Å². The maximum absolute atomic E-state index is 12.8. The Labute approximate surface area is 168 Å². The van der Waals surface area contributed by atoms with Gasteiger partial charge in [-0.25, -0.2) is 0 Å². The average molecular weight is 388 g/mol. The van der Waals surface area contributed by atoms with Crippen molar-refractivity contribution in [1.82, 2.24) is 14.7 Å². The number of carbonyl (C=O) groups excluding carboxylic acids is 2. The van der Waals surface area contributed by atoms with Gasteiger partial charge in [-0.3, -0.25) is 14.5 Å². The SMILES string of the molecule is COc1cccc(CC(=O)N2CCN(CC(=O)N3C(C)CCCC3C)CC2)c1. The van der Waals surface area contributed by atoms with E-state index in [0.29, 0.717) is 38.1 Å². The Hall–Kier alpha value is -2.08. The van der Waals surface area contributed by atoms with Crippen LogP contribution in [0.3, 0.4) is 0 Å². The summed E-state index contributed by atoms with van der Waals surface area (Å²) in [6, 6.07) is 8.33. The predicted molar refractivity (Wildman–Crippen MR) is 109 cm³/mol. The number of ether oxygens (including phenoxy) is 1. The third kappa shape index (κ3) is 5.04. The molecule has 2 aliphatic rings. The standard InChI is InChI=1S/C22H33N3O3/c1-17-6-4-7-18(2)25(17)22(27)16-23-10-12-24(13-11-23)21(26)15-19-8-5-9-20(14-19)28-3/h5,8-9,14,17-18H,4,6-7,10-13,15-16H2,1-3H3. The van der Waals surface area contributed by atoms with Crippen LogP contribution < -0.4 is 4.74 Å². The summed E-state index contributed by atoms with van der Waals surface area (Å²) in [6.07, 6.45) is 3.80. The first kappa shape index (κ1) is 20.6. The normalized spacial score (nSPS) is 23.5. The molecule has 2 atom stereocenters. The van der Waals surface area contributed by atoms with Gasteiger partial charge in [0, 0.05) is 38.3 Å². The lowest BCUT2D eigenvalue weighted by molar-refractivity contribution is -0.139. The van der Waals surface area contributed by atoms with E-state index in [-0.39, 0.29) is 11.8 Å². The smallest absolute Gasteiger partial charge is 0.237 e. The summed E-state index contributed by atoms with van der Waals surface area (Å²) in [4.78, 5) is 31.6. The predicted octanol–water partition coefficient (Wildman–Crippen LogP) is 2.17. The van der Waals surface area contributed by atoms with Crippen LogP contribution in [0.4, 0.5) is 0 Å². The van der Waals surface area contributed by atoms with Crippen LogP contribution in [0.2, 0.25) is 0 Å². The second kappa shape index (κ2) is 9.41. The summed E-state index contributed by atoms with van der Waals surface area (Å²) in [5.41, 5.74) is 0.968. The van der Waals surface area contributed by atoms with E-state index in [0.717, 1.165) is 37.2 Å². The van der Waals surface area contributed by atoms with Gasteiger partial charge >= 0.3 is 0 Å². The molecule has 1 aromatic rings. The monoisotopic (exact) mass is 387 g/mol. The van der Waals surface area contributed by atoms with E-state index in [4.69, 9.17) is 4.74 Å². The summed E-state index contributed by atoms with van der Waals surface area (Å²) in [5, 5.41) is 0. The molecular formula is C22H33N3O3. The maximum atomic E-state index is 12.8. The first-order valence-electron chi connectivity index (χ1n) is 10.4. The summed E-state index contributed by atoms with van der Waals surface area (Å²) in [7, 11) is 1.63. The zero-order valence-corrected chi connectivity index (χ0v) is 17.4. The maximum Gasteiger partial charge on any atom is 0.237 e. The van der Waals surface area contributed by atoms with Gasteiger partial charge in [-0.2, -0.15) is 0 Å². The number of benzene rings is 1. The quantitative estimate of drug-likeness (QED) is 0.777. The van der Waals surface area contributed by atoms with Gasteiger partial charge in [0.1, 0.15) is 5.75 Å². The van der Waals surface area contributed by atoms with E-state index < -0.39 is 0 Å². The van der Waals surface area contributed by atoms with E-state index in [1.165, 1.54) is 6.42 Å². The van der Waals surface area contributed by atoms with E-state index in [2.05, 4.69) is 23.6 Å². The highest BCUT2D eigenvalue weighted by atomic mass is 16.5. The van der Waals surface area contributed by atoms with Crippen LogP contribution in [0.25, 0.3) is 0 Å². The molecule has 0 saturated carbocycles. The molecule has 154 valence electrons. The lowest BCUT2D eigenvalue weighted by Crippen LogP contribution is -2.55. The first-order valence-corrected chi connectivity index (χ1v) is 10.4. The average Bonchev–Trinajstić information content (AvgIpc) is 2.68. The van der Waals surface area contributed by atoms with Gasteiger partial charge in [0.2, 0.25) is 11.8 Å². The van der Waals surface area contributed by atoms with Crippen LogP contribution in [-0.2, 0) is 16.0 Å². The van der Waals surface area contributed by atoms with E-state index >= 15 is 0 Å². The molecule has 2 unspecified atom stereocenters. The highest BCUT2D eigenvalue weighted by Crippen LogP contribution is 2.23. The first-order chi connectivity index (χ1) is 13.5. The summed E-state index contributed by atoms with van der Waals surface area (Å²) >= 11 is 0. The molecule has 0 aliphatic carbocycles. The van der Waals surface area contributed by atoms with Crippen molar-refractivity contribution in [2.24, 2.45) is 0 Å². The molecule has 0 radical (unpaired) electrons. The summed E-state index contributed by atoms with van der Waals surface area (Å²) in [6.45, 7) is 7.65. The Bertz CT molecular complexity index is 675. The number of likely N-dealkylation sites (tertiary alicyclic amines) is 1. The van der Waals surface area contributed by atoms with Crippen molar-refractivity contribution in [3.05, 3.63) is 29.8 Å². The number of nitrogens with zero attached hydrogens (tertiary/aromatic N) is 3. The number of rotatable bonds is 5. The molecule has 2 heterocycles. The van der Waals surface area contributed by atoms with Gasteiger partial charge in [0.15, 0.2) is 0 Å². The molecule has 0 spiro atoms. The minimum atomic E-state index is 0.137. The number of methoxy groups -OCH3 is 1. The minimum Gasteiger partial charge on any atom is -0.497 e. The molecule has 2 aliphatic heterocycles. The van der Waals surface area contributed by atoms with Crippen molar-refractivity contribution >= 4 is 11.8 Å². The van der Waals surface area contributed by atoms with Crippen molar-refractivity contribution in [3.8, 4) is 5.75 Å². The molecular weight excluding hydrogens is 354 g/mol. The molecule has 0 aromatic heterocycles. The molecule has 1 aromatic carbocycles. The molecule has 0 N–H and O–H groups in total. The van der Waals surface area contributed by atoms with Crippen molar-refractivity contribution < 1.29 is 14.3 Å². The number of hydrogen-bond donors (Lipinski definition) is 0. The van der Waals surface area contributed by atoms with Gasteiger partial charge in [0.05, 0.1) is 20.1 Å². The van der Waals surface area contributed by atoms with Crippen molar-refractivity contribution in [2.75, 3.05) is 39.8 Å². The van der Waals surface area contributed by atoms with Gasteiger partial charge in [0.25, 0.3) is 0 Å². The van der Waals surface area contributed by atoms with Crippen molar-refractivity contribution in [1.29, 1.82) is 0 Å². The zero-order valence-electron chi connectivity index (χ0n) is 17.4. The number of amides is 2. The highest BCUT2D eigenvalue weighted by molar-refractivity contribution is 5.80. The topological polar surface area (TPSA) is 53.1 Å². The molecule has 28 heavy (non-hydrogen) atoms. The van der Waals surface area contributed by atoms with Gasteiger partial charge in [-0.05, 0) is 50.8 Å². The van der Waals surface area contributed by atoms with Crippen LogP contribution in [0.5, 0.6) is 5.75 Å². The lowest BCUT2D eigenvalue weighted by atomic mass is 9.97.